The van der Waals surface area contributed by atoms with Gasteiger partial charge < -0.3 is 18.8 Å². The largest absolute Gasteiger partial charge is 0.493 e. The molecular formula is C19H23N3O4S. The smallest absolute Gasteiger partial charge is 0.295 e. The molecule has 2 aromatic heterocycles. The number of amides is 1. The van der Waals surface area contributed by atoms with E-state index in [1.165, 1.54) is 17.6 Å². The van der Waals surface area contributed by atoms with Crippen molar-refractivity contribution in [3.05, 3.63) is 36.3 Å². The van der Waals surface area contributed by atoms with E-state index < -0.39 is 0 Å². The topological polar surface area (TPSA) is 68.0 Å². The summed E-state index contributed by atoms with van der Waals surface area (Å²) < 4.78 is 16.9. The number of aromatic nitrogens is 1. The van der Waals surface area contributed by atoms with Crippen LogP contribution >= 0.6 is 11.3 Å². The molecule has 8 heteroatoms. The van der Waals surface area contributed by atoms with Crippen molar-refractivity contribution < 1.29 is 18.7 Å². The highest BCUT2D eigenvalue weighted by molar-refractivity contribution is 7.22. The number of fused-ring (bicyclic) bond motifs is 1. The average molecular weight is 389 g/mol. The third-order valence-corrected chi connectivity index (χ3v) is 5.12. The van der Waals surface area contributed by atoms with Crippen LogP contribution in [0.1, 0.15) is 17.0 Å². The number of carbonyl (C=O) groups excluding carboxylic acids is 1. The van der Waals surface area contributed by atoms with Crippen molar-refractivity contribution in [1.82, 2.24) is 9.88 Å². The Labute approximate surface area is 162 Å². The fraction of sp³-hybridized carbons (Fsp3) is 0.368. The Hall–Kier alpha value is -2.58. The SMILES string of the molecule is COc1cc2nc(N(CCCN(C)C)C(=O)c3ccco3)sc2cc1OC. The molecule has 1 aromatic carbocycles. The molecular weight excluding hydrogens is 366 g/mol. The maximum atomic E-state index is 12.9. The Kier molecular flexibility index (Phi) is 5.98. The number of hydrogen-bond acceptors (Lipinski definition) is 7. The van der Waals surface area contributed by atoms with Crippen LogP contribution in [0.3, 0.4) is 0 Å². The van der Waals surface area contributed by atoms with Gasteiger partial charge in [0.1, 0.15) is 0 Å². The number of ether oxygens (including phenoxy) is 2. The number of anilines is 1. The minimum absolute atomic E-state index is 0.197. The summed E-state index contributed by atoms with van der Waals surface area (Å²) in [7, 11) is 7.20. The lowest BCUT2D eigenvalue weighted by Crippen LogP contribution is -2.33. The van der Waals surface area contributed by atoms with E-state index >= 15 is 0 Å². The van der Waals surface area contributed by atoms with Crippen molar-refractivity contribution >= 4 is 32.6 Å². The molecule has 0 fully saturated rings. The van der Waals surface area contributed by atoms with Gasteiger partial charge in [0, 0.05) is 18.7 Å². The van der Waals surface area contributed by atoms with Crippen molar-refractivity contribution in [3.8, 4) is 11.5 Å². The highest BCUT2D eigenvalue weighted by atomic mass is 32.1. The zero-order valence-electron chi connectivity index (χ0n) is 15.9. The van der Waals surface area contributed by atoms with E-state index in [1.54, 1.807) is 31.3 Å². The number of thiazole rings is 1. The summed E-state index contributed by atoms with van der Waals surface area (Å²) in [5.74, 6) is 1.35. The summed E-state index contributed by atoms with van der Waals surface area (Å²) in [5.41, 5.74) is 0.762. The molecule has 2 heterocycles. The summed E-state index contributed by atoms with van der Waals surface area (Å²) >= 11 is 1.44. The normalized spacial score (nSPS) is 11.1. The lowest BCUT2D eigenvalue weighted by atomic mass is 10.3. The maximum absolute atomic E-state index is 12.9. The molecule has 0 unspecified atom stereocenters. The zero-order valence-corrected chi connectivity index (χ0v) is 16.7. The molecule has 144 valence electrons. The second kappa shape index (κ2) is 8.41. The number of benzene rings is 1. The molecule has 0 radical (unpaired) electrons. The molecule has 27 heavy (non-hydrogen) atoms. The second-order valence-electron chi connectivity index (χ2n) is 6.26. The van der Waals surface area contributed by atoms with Gasteiger partial charge in [-0.05, 0) is 39.2 Å². The van der Waals surface area contributed by atoms with Crippen LogP contribution in [0.4, 0.5) is 5.13 Å². The summed E-state index contributed by atoms with van der Waals surface area (Å²) in [4.78, 5) is 21.4. The molecule has 0 bridgehead atoms. The molecule has 0 saturated carbocycles. The van der Waals surface area contributed by atoms with Crippen LogP contribution in [0.25, 0.3) is 10.2 Å². The van der Waals surface area contributed by atoms with E-state index in [4.69, 9.17) is 13.9 Å². The monoisotopic (exact) mass is 389 g/mol. The van der Waals surface area contributed by atoms with Gasteiger partial charge in [0.05, 0.1) is 30.7 Å². The quantitative estimate of drug-likeness (QED) is 0.587. The summed E-state index contributed by atoms with van der Waals surface area (Å²) in [6.07, 6.45) is 2.32. The van der Waals surface area contributed by atoms with Crippen molar-refractivity contribution in [2.24, 2.45) is 0 Å². The Balaban J connectivity index is 1.96. The summed E-state index contributed by atoms with van der Waals surface area (Å²) in [5, 5.41) is 0.625. The highest BCUT2D eigenvalue weighted by Crippen LogP contribution is 2.37. The van der Waals surface area contributed by atoms with E-state index in [1.807, 2.05) is 26.2 Å². The molecule has 3 aromatic rings. The van der Waals surface area contributed by atoms with Gasteiger partial charge >= 0.3 is 0 Å². The maximum Gasteiger partial charge on any atom is 0.295 e. The fourth-order valence-electron chi connectivity index (χ4n) is 2.72. The number of hydrogen-bond donors (Lipinski definition) is 0. The molecule has 0 N–H and O–H groups in total. The highest BCUT2D eigenvalue weighted by Gasteiger charge is 2.23. The van der Waals surface area contributed by atoms with Gasteiger partial charge in [-0.15, -0.1) is 0 Å². The van der Waals surface area contributed by atoms with Crippen molar-refractivity contribution in [2.75, 3.05) is 46.3 Å². The third-order valence-electron chi connectivity index (χ3n) is 4.08. The van der Waals surface area contributed by atoms with Gasteiger partial charge in [-0.25, -0.2) is 4.98 Å². The summed E-state index contributed by atoms with van der Waals surface area (Å²) in [6, 6.07) is 7.08. The number of carbonyl (C=O) groups is 1. The molecule has 3 rings (SSSR count). The first-order valence-electron chi connectivity index (χ1n) is 8.56. The minimum atomic E-state index is -0.197. The Morgan fingerprint density at radius 2 is 1.93 bits per heavy atom. The van der Waals surface area contributed by atoms with Gasteiger partial charge in [0.15, 0.2) is 22.4 Å². The lowest BCUT2D eigenvalue weighted by molar-refractivity contribution is 0.0959. The molecule has 0 aliphatic carbocycles. The summed E-state index contributed by atoms with van der Waals surface area (Å²) in [6.45, 7) is 1.42. The molecule has 0 aliphatic rings. The first-order chi connectivity index (χ1) is 13.0. The minimum Gasteiger partial charge on any atom is -0.493 e. The molecule has 1 amide bonds. The number of methoxy groups -OCH3 is 2. The Morgan fingerprint density at radius 3 is 2.56 bits per heavy atom. The predicted octanol–water partition coefficient (Wildman–Crippen LogP) is 3.51. The van der Waals surface area contributed by atoms with Crippen molar-refractivity contribution in [3.63, 3.8) is 0 Å². The van der Waals surface area contributed by atoms with Crippen LogP contribution in [0.15, 0.2) is 34.9 Å². The van der Waals surface area contributed by atoms with Crippen molar-refractivity contribution in [1.29, 1.82) is 0 Å². The van der Waals surface area contributed by atoms with Gasteiger partial charge in [0.25, 0.3) is 5.91 Å². The first kappa shape index (κ1) is 19.2. The Morgan fingerprint density at radius 1 is 1.19 bits per heavy atom. The molecule has 0 spiro atoms. The van der Waals surface area contributed by atoms with E-state index in [0.717, 1.165) is 23.2 Å². The predicted molar refractivity (Wildman–Crippen MR) is 106 cm³/mol. The third kappa shape index (κ3) is 4.23. The van der Waals surface area contributed by atoms with Crippen LogP contribution in [-0.2, 0) is 0 Å². The standard InChI is InChI=1S/C19H23N3O4S/c1-21(2)8-6-9-22(18(23)14-7-5-10-26-14)19-20-13-11-15(24-3)16(25-4)12-17(13)27-19/h5,7,10-12H,6,8-9H2,1-4H3. The van der Waals surface area contributed by atoms with Crippen molar-refractivity contribution in [2.45, 2.75) is 6.42 Å². The number of nitrogens with zero attached hydrogens (tertiary/aromatic N) is 3. The van der Waals surface area contributed by atoms with E-state index in [9.17, 15) is 4.79 Å². The van der Waals surface area contributed by atoms with E-state index in [0.29, 0.717) is 28.9 Å². The van der Waals surface area contributed by atoms with Crippen LogP contribution in [0.2, 0.25) is 0 Å². The fourth-order valence-corrected chi connectivity index (χ4v) is 3.72. The van der Waals surface area contributed by atoms with Crippen LogP contribution in [-0.4, -0.2) is 57.2 Å². The van der Waals surface area contributed by atoms with E-state index in [2.05, 4.69) is 9.88 Å². The molecule has 7 nitrogen and oxygen atoms in total. The zero-order chi connectivity index (χ0) is 19.4. The van der Waals surface area contributed by atoms with Crippen LogP contribution < -0.4 is 14.4 Å². The van der Waals surface area contributed by atoms with E-state index in [-0.39, 0.29) is 5.91 Å². The number of furan rings is 1. The lowest BCUT2D eigenvalue weighted by Gasteiger charge is -2.19. The van der Waals surface area contributed by atoms with Gasteiger partial charge in [0.2, 0.25) is 0 Å². The molecule has 0 atom stereocenters. The molecule has 0 saturated heterocycles. The molecule has 0 aliphatic heterocycles. The average Bonchev–Trinajstić information content (AvgIpc) is 3.32. The second-order valence-corrected chi connectivity index (χ2v) is 7.27. The van der Waals surface area contributed by atoms with Crippen LogP contribution in [0, 0.1) is 0 Å². The van der Waals surface area contributed by atoms with Crippen LogP contribution in [0.5, 0.6) is 11.5 Å². The van der Waals surface area contributed by atoms with Gasteiger partial charge in [-0.3, -0.25) is 9.69 Å². The van der Waals surface area contributed by atoms with Gasteiger partial charge in [-0.1, -0.05) is 11.3 Å². The Bertz CT molecular complexity index is 864. The van der Waals surface area contributed by atoms with Gasteiger partial charge in [-0.2, -0.15) is 0 Å². The first-order valence-corrected chi connectivity index (χ1v) is 9.37. The number of rotatable bonds is 8.